The summed E-state index contributed by atoms with van der Waals surface area (Å²) in [5.41, 5.74) is 2.15. The van der Waals surface area contributed by atoms with Gasteiger partial charge in [-0.15, -0.1) is 0 Å². The van der Waals surface area contributed by atoms with Gasteiger partial charge in [-0.1, -0.05) is 50.5 Å². The number of benzene rings is 3. The molecular formula is C26H32N2O2. The molecule has 0 amide bonds. The van der Waals surface area contributed by atoms with Gasteiger partial charge in [0.15, 0.2) is 0 Å². The second-order valence-electron chi connectivity index (χ2n) is 7.23. The van der Waals surface area contributed by atoms with E-state index in [1.165, 1.54) is 19.3 Å². The van der Waals surface area contributed by atoms with Crippen molar-refractivity contribution in [3.8, 4) is 17.2 Å². The maximum atomic E-state index is 5.86. The summed E-state index contributed by atoms with van der Waals surface area (Å²) in [5, 5.41) is 6.87. The minimum Gasteiger partial charge on any atom is -0.494 e. The monoisotopic (exact) mass is 404 g/mol. The fourth-order valence-corrected chi connectivity index (χ4v) is 3.09. The van der Waals surface area contributed by atoms with E-state index in [1.807, 2.05) is 66.7 Å². The molecule has 0 spiro atoms. The highest BCUT2D eigenvalue weighted by Gasteiger charge is 1.99. The number of ether oxygens (including phenoxy) is 2. The highest BCUT2D eigenvalue weighted by Crippen LogP contribution is 2.22. The van der Waals surface area contributed by atoms with Crippen LogP contribution in [0.1, 0.15) is 32.6 Å². The van der Waals surface area contributed by atoms with Crippen LogP contribution in [0.25, 0.3) is 0 Å². The van der Waals surface area contributed by atoms with Crippen molar-refractivity contribution in [1.29, 1.82) is 0 Å². The van der Waals surface area contributed by atoms with E-state index < -0.39 is 0 Å². The third kappa shape index (κ3) is 7.70. The molecule has 0 heterocycles. The predicted octanol–water partition coefficient (Wildman–Crippen LogP) is 6.96. The molecule has 0 unspecified atom stereocenters. The van der Waals surface area contributed by atoms with Crippen LogP contribution in [-0.2, 0) is 0 Å². The summed E-state index contributed by atoms with van der Waals surface area (Å²) in [4.78, 5) is 0. The van der Waals surface area contributed by atoms with E-state index in [9.17, 15) is 0 Å². The topological polar surface area (TPSA) is 42.5 Å². The average molecular weight is 405 g/mol. The van der Waals surface area contributed by atoms with Gasteiger partial charge >= 0.3 is 0 Å². The van der Waals surface area contributed by atoms with Gasteiger partial charge < -0.3 is 20.1 Å². The van der Waals surface area contributed by atoms with Crippen LogP contribution in [0.15, 0.2) is 78.9 Å². The van der Waals surface area contributed by atoms with Crippen LogP contribution in [0.3, 0.4) is 0 Å². The van der Waals surface area contributed by atoms with Gasteiger partial charge in [0.25, 0.3) is 0 Å². The molecule has 0 aromatic heterocycles. The van der Waals surface area contributed by atoms with E-state index in [-0.39, 0.29) is 0 Å². The molecule has 3 aromatic rings. The smallest absolute Gasteiger partial charge is 0.127 e. The zero-order chi connectivity index (χ0) is 20.9. The first-order valence-electron chi connectivity index (χ1n) is 10.9. The third-order valence-corrected chi connectivity index (χ3v) is 4.72. The highest BCUT2D eigenvalue weighted by molar-refractivity contribution is 5.49. The number of anilines is 2. The van der Waals surface area contributed by atoms with Crippen LogP contribution in [0.4, 0.5) is 11.4 Å². The average Bonchev–Trinajstić information content (AvgIpc) is 2.79. The summed E-state index contributed by atoms with van der Waals surface area (Å²) in [6.07, 6.45) is 4.88. The zero-order valence-electron chi connectivity index (χ0n) is 17.8. The van der Waals surface area contributed by atoms with Gasteiger partial charge in [0, 0.05) is 30.5 Å². The van der Waals surface area contributed by atoms with Gasteiger partial charge in [-0.3, -0.25) is 0 Å². The van der Waals surface area contributed by atoms with Gasteiger partial charge in [0.1, 0.15) is 17.2 Å². The van der Waals surface area contributed by atoms with Crippen molar-refractivity contribution in [2.45, 2.75) is 32.6 Å². The Kier molecular flexibility index (Phi) is 8.93. The summed E-state index contributed by atoms with van der Waals surface area (Å²) in [5.74, 6) is 2.60. The molecule has 0 aliphatic carbocycles. The van der Waals surface area contributed by atoms with Crippen LogP contribution in [0, 0.1) is 0 Å². The summed E-state index contributed by atoms with van der Waals surface area (Å²) in [6, 6.07) is 26.0. The Labute approximate surface area is 180 Å². The molecule has 0 aliphatic rings. The van der Waals surface area contributed by atoms with E-state index in [0.29, 0.717) is 0 Å². The predicted molar refractivity (Wildman–Crippen MR) is 126 cm³/mol. The zero-order valence-corrected chi connectivity index (χ0v) is 17.8. The van der Waals surface area contributed by atoms with Crippen molar-refractivity contribution in [3.05, 3.63) is 78.9 Å². The van der Waals surface area contributed by atoms with Crippen molar-refractivity contribution < 1.29 is 9.47 Å². The van der Waals surface area contributed by atoms with Gasteiger partial charge in [0.2, 0.25) is 0 Å². The first-order chi connectivity index (χ1) is 14.8. The quantitative estimate of drug-likeness (QED) is 0.302. The minimum atomic E-state index is 0.787. The number of rotatable bonds is 13. The SMILES string of the molecule is CCCCCCOc1cccc(NCCNc2ccc(Oc3ccccc3)cc2)c1. The van der Waals surface area contributed by atoms with E-state index in [1.54, 1.807) is 0 Å². The molecule has 0 fully saturated rings. The van der Waals surface area contributed by atoms with E-state index >= 15 is 0 Å². The number of hydrogen-bond acceptors (Lipinski definition) is 4. The van der Waals surface area contributed by atoms with Crippen molar-refractivity contribution in [3.63, 3.8) is 0 Å². The van der Waals surface area contributed by atoms with Crippen LogP contribution in [-0.4, -0.2) is 19.7 Å². The number of para-hydroxylation sites is 1. The summed E-state index contributed by atoms with van der Waals surface area (Å²) in [6.45, 7) is 4.65. The number of hydrogen-bond donors (Lipinski definition) is 2. The molecule has 0 saturated carbocycles. The minimum absolute atomic E-state index is 0.787. The Hall–Kier alpha value is -3.14. The Morgan fingerprint density at radius 3 is 2.10 bits per heavy atom. The van der Waals surface area contributed by atoms with Crippen molar-refractivity contribution in [2.24, 2.45) is 0 Å². The molecule has 0 aliphatic heterocycles. The molecule has 3 rings (SSSR count). The molecule has 2 N–H and O–H groups in total. The van der Waals surface area contributed by atoms with E-state index in [2.05, 4.69) is 29.7 Å². The Morgan fingerprint density at radius 2 is 1.33 bits per heavy atom. The van der Waals surface area contributed by atoms with Gasteiger partial charge in [0.05, 0.1) is 6.61 Å². The largest absolute Gasteiger partial charge is 0.494 e. The molecular weight excluding hydrogens is 372 g/mol. The highest BCUT2D eigenvalue weighted by atomic mass is 16.5. The van der Waals surface area contributed by atoms with Crippen LogP contribution >= 0.6 is 0 Å². The molecule has 30 heavy (non-hydrogen) atoms. The van der Waals surface area contributed by atoms with Crippen LogP contribution < -0.4 is 20.1 Å². The van der Waals surface area contributed by atoms with Gasteiger partial charge in [-0.25, -0.2) is 0 Å². The summed E-state index contributed by atoms with van der Waals surface area (Å²) in [7, 11) is 0. The lowest BCUT2D eigenvalue weighted by atomic mass is 10.2. The van der Waals surface area contributed by atoms with E-state index in [0.717, 1.165) is 54.7 Å². The fraction of sp³-hybridized carbons (Fsp3) is 0.308. The van der Waals surface area contributed by atoms with Crippen molar-refractivity contribution in [2.75, 3.05) is 30.3 Å². The van der Waals surface area contributed by atoms with Crippen molar-refractivity contribution >= 4 is 11.4 Å². The molecule has 0 radical (unpaired) electrons. The molecule has 0 atom stereocenters. The van der Waals surface area contributed by atoms with Gasteiger partial charge in [-0.05, 0) is 55.0 Å². The standard InChI is InChI=1S/C26H32N2O2/c1-2-3-4-8-20-29-26-13-9-10-23(21-26)28-19-18-27-22-14-16-25(17-15-22)30-24-11-6-5-7-12-24/h5-7,9-17,21,27-28H,2-4,8,18-20H2,1H3. The number of unbranched alkanes of at least 4 members (excludes halogenated alkanes) is 3. The normalized spacial score (nSPS) is 10.4. The lowest BCUT2D eigenvalue weighted by molar-refractivity contribution is 0.305. The molecule has 4 nitrogen and oxygen atoms in total. The number of nitrogens with one attached hydrogen (secondary N) is 2. The van der Waals surface area contributed by atoms with Crippen LogP contribution in [0.2, 0.25) is 0 Å². The van der Waals surface area contributed by atoms with Crippen LogP contribution in [0.5, 0.6) is 17.2 Å². The lowest BCUT2D eigenvalue weighted by Gasteiger charge is -2.11. The molecule has 158 valence electrons. The van der Waals surface area contributed by atoms with E-state index in [4.69, 9.17) is 9.47 Å². The maximum absolute atomic E-state index is 5.86. The van der Waals surface area contributed by atoms with Gasteiger partial charge in [-0.2, -0.15) is 0 Å². The summed E-state index contributed by atoms with van der Waals surface area (Å²) < 4.78 is 11.7. The molecule has 0 saturated heterocycles. The Morgan fingerprint density at radius 1 is 0.633 bits per heavy atom. The second kappa shape index (κ2) is 12.4. The lowest BCUT2D eigenvalue weighted by Crippen LogP contribution is -2.13. The second-order valence-corrected chi connectivity index (χ2v) is 7.23. The molecule has 3 aromatic carbocycles. The Bertz CT molecular complexity index is 850. The maximum Gasteiger partial charge on any atom is 0.127 e. The molecule has 0 bridgehead atoms. The first-order valence-corrected chi connectivity index (χ1v) is 10.9. The summed E-state index contributed by atoms with van der Waals surface area (Å²) >= 11 is 0. The fourth-order valence-electron chi connectivity index (χ4n) is 3.09. The molecule has 4 heteroatoms. The third-order valence-electron chi connectivity index (χ3n) is 4.72. The Balaban J connectivity index is 1.36. The van der Waals surface area contributed by atoms with Crippen molar-refractivity contribution in [1.82, 2.24) is 0 Å². The first kappa shape index (κ1) is 21.6.